The van der Waals surface area contributed by atoms with Crippen LogP contribution in [0.3, 0.4) is 0 Å². The molecule has 0 saturated heterocycles. The zero-order chi connectivity index (χ0) is 18.6. The van der Waals surface area contributed by atoms with E-state index in [0.29, 0.717) is 5.92 Å². The Balaban J connectivity index is 0.000000465. The van der Waals surface area contributed by atoms with Gasteiger partial charge in [-0.15, -0.1) is 0 Å². The van der Waals surface area contributed by atoms with Crippen molar-refractivity contribution < 1.29 is 14.3 Å². The van der Waals surface area contributed by atoms with E-state index in [1.54, 1.807) is 13.8 Å². The van der Waals surface area contributed by atoms with Gasteiger partial charge in [-0.2, -0.15) is 0 Å². The summed E-state index contributed by atoms with van der Waals surface area (Å²) in [6.07, 6.45) is 0. The average Bonchev–Trinajstić information content (AvgIpc) is 2.52. The van der Waals surface area contributed by atoms with Crippen molar-refractivity contribution >= 4 is 0 Å². The molecule has 21 heavy (non-hydrogen) atoms. The van der Waals surface area contributed by atoms with Crippen LogP contribution in [0.4, 0.5) is 8.78 Å². The van der Waals surface area contributed by atoms with Crippen molar-refractivity contribution in [1.29, 1.82) is 0 Å². The highest BCUT2D eigenvalue weighted by Crippen LogP contribution is 2.14. The van der Waals surface area contributed by atoms with E-state index in [9.17, 15) is 8.78 Å². The first-order chi connectivity index (χ1) is 11.1. The summed E-state index contributed by atoms with van der Waals surface area (Å²) in [6, 6.07) is 4.89. The molecular weight excluding hydrogens is 266 g/mol. The molecule has 0 aliphatic rings. The summed E-state index contributed by atoms with van der Waals surface area (Å²) < 4.78 is 54.9. The first-order valence-corrected chi connectivity index (χ1v) is 6.59. The van der Waals surface area contributed by atoms with E-state index in [-0.39, 0.29) is 36.8 Å². The third-order valence-electron chi connectivity index (χ3n) is 2.73. The molecule has 0 fully saturated rings. The Morgan fingerprint density at radius 1 is 0.714 bits per heavy atom. The summed E-state index contributed by atoms with van der Waals surface area (Å²) in [6.45, 7) is 7.69. The quantitative estimate of drug-likeness (QED) is 0.590. The molecule has 0 heterocycles. The average molecular weight is 296 g/mol. The van der Waals surface area contributed by atoms with Crippen LogP contribution < -0.4 is 0 Å². The zero-order valence-corrected chi connectivity index (χ0v) is 12.2. The lowest BCUT2D eigenvalue weighted by Gasteiger charge is -2.02. The third-order valence-corrected chi connectivity index (χ3v) is 2.73. The predicted octanol–water partition coefficient (Wildman–Crippen LogP) is 6.53. The van der Waals surface area contributed by atoms with Gasteiger partial charge in [0.25, 0.3) is 0 Å². The number of halogens is 2. The molecule has 0 nitrogen and oxygen atoms in total. The number of hydrogen-bond donors (Lipinski definition) is 0. The van der Waals surface area contributed by atoms with E-state index in [1.165, 1.54) is 17.7 Å². The molecule has 0 spiro atoms. The van der Waals surface area contributed by atoms with Crippen molar-refractivity contribution in [3.8, 4) is 0 Å². The molecule has 0 bridgehead atoms. The van der Waals surface area contributed by atoms with Gasteiger partial charge < -0.3 is 0 Å². The van der Waals surface area contributed by atoms with E-state index in [0.717, 1.165) is 0 Å². The lowest BCUT2D eigenvalue weighted by molar-refractivity contribution is 0.626. The van der Waals surface area contributed by atoms with Gasteiger partial charge in [0, 0.05) is 0 Å². The fourth-order valence-corrected chi connectivity index (χ4v) is 1.44. The van der Waals surface area contributed by atoms with Crippen LogP contribution in [0.5, 0.6) is 0 Å². The predicted molar refractivity (Wildman–Crippen MR) is 87.7 cm³/mol. The highest BCUT2D eigenvalue weighted by atomic mass is 19.1. The molecule has 116 valence electrons. The van der Waals surface area contributed by atoms with Crippen LogP contribution in [0.1, 0.15) is 63.6 Å². The lowest BCUT2D eigenvalue weighted by Crippen LogP contribution is -1.85. The van der Waals surface area contributed by atoms with E-state index in [2.05, 4.69) is 13.8 Å². The van der Waals surface area contributed by atoms with Gasteiger partial charge in [0.1, 0.15) is 11.6 Å². The molecule has 0 atom stereocenters. The smallest absolute Gasteiger partial charge is 0.123 e. The maximum absolute atomic E-state index is 13.1. The van der Waals surface area contributed by atoms with Gasteiger partial charge in [-0.1, -0.05) is 59.3 Å². The molecule has 2 heteroatoms. The monoisotopic (exact) mass is 296 g/mol. The van der Waals surface area contributed by atoms with Crippen LogP contribution >= 0.6 is 0 Å². The Hall–Kier alpha value is -1.70. The minimum absolute atomic E-state index is 0. The Bertz CT molecular complexity index is 667. The molecular formula is C19H26F2. The van der Waals surface area contributed by atoms with Crippen molar-refractivity contribution in [2.75, 3.05) is 0 Å². The van der Waals surface area contributed by atoms with Gasteiger partial charge in [0.2, 0.25) is 0 Å². The van der Waals surface area contributed by atoms with E-state index < -0.39 is 17.9 Å². The van der Waals surface area contributed by atoms with Crippen molar-refractivity contribution in [3.63, 3.8) is 0 Å². The molecule has 2 aromatic rings. The minimum atomic E-state index is -1.08. The number of hydrogen-bond acceptors (Lipinski definition) is 0. The number of benzene rings is 2. The van der Waals surface area contributed by atoms with Crippen LogP contribution in [0.15, 0.2) is 48.4 Å². The maximum atomic E-state index is 13.1. The van der Waals surface area contributed by atoms with Gasteiger partial charge >= 0.3 is 0 Å². The minimum Gasteiger partial charge on any atom is -0.207 e. The van der Waals surface area contributed by atoms with Gasteiger partial charge in [-0.3, -0.25) is 0 Å². The lowest BCUT2D eigenvalue weighted by atomic mass is 10.0. The fraction of sp³-hybridized carbons (Fsp3) is 0.368. The first kappa shape index (κ1) is 13.0. The molecule has 0 unspecified atom stereocenters. The Kier molecular flexibility index (Phi) is 5.74. The molecule has 0 N–H and O–H groups in total. The molecule has 0 aliphatic carbocycles. The topological polar surface area (TPSA) is 0 Å². The standard InChI is InChI=1S/2C9H11F.CH4/c2*1-7(2)8-3-5-9(10)6-4-8;/h2*3-7H,1-2H3;1H4/i3D,4D,5D,6D;;. The second kappa shape index (κ2) is 9.28. The highest BCUT2D eigenvalue weighted by Gasteiger charge is 1.97. The van der Waals surface area contributed by atoms with E-state index in [4.69, 9.17) is 5.48 Å². The van der Waals surface area contributed by atoms with Crippen molar-refractivity contribution in [3.05, 3.63) is 71.2 Å². The molecule has 0 amide bonds. The van der Waals surface area contributed by atoms with Gasteiger partial charge in [0.05, 0.1) is 5.48 Å². The SMILES string of the molecule is C.CC(C)c1ccc(F)cc1.[2H]c1c([2H])c(C(C)C)c([2H])c([2H])c1F. The summed E-state index contributed by atoms with van der Waals surface area (Å²) in [5, 5.41) is 0. The summed E-state index contributed by atoms with van der Waals surface area (Å²) in [5.41, 5.74) is 1.45. The molecule has 0 saturated carbocycles. The van der Waals surface area contributed by atoms with Crippen LogP contribution in [0.25, 0.3) is 0 Å². The fourth-order valence-electron chi connectivity index (χ4n) is 1.44. The largest absolute Gasteiger partial charge is 0.207 e. The van der Waals surface area contributed by atoms with Crippen molar-refractivity contribution in [1.82, 2.24) is 0 Å². The van der Waals surface area contributed by atoms with Gasteiger partial charge in [-0.05, 0) is 47.2 Å². The van der Waals surface area contributed by atoms with Gasteiger partial charge in [-0.25, -0.2) is 8.78 Å². The first-order valence-electron chi connectivity index (χ1n) is 8.59. The van der Waals surface area contributed by atoms with E-state index in [1.807, 2.05) is 12.1 Å². The van der Waals surface area contributed by atoms with Crippen LogP contribution in [0.2, 0.25) is 0 Å². The van der Waals surface area contributed by atoms with Gasteiger partial charge in [0.15, 0.2) is 0 Å². The third kappa shape index (κ3) is 7.03. The molecule has 2 rings (SSSR count). The molecule has 0 radical (unpaired) electrons. The second-order valence-electron chi connectivity index (χ2n) is 5.09. The molecule has 0 aromatic heterocycles. The Labute approximate surface area is 133 Å². The Morgan fingerprint density at radius 3 is 1.52 bits per heavy atom. The summed E-state index contributed by atoms with van der Waals surface area (Å²) in [5.74, 6) is -0.904. The number of rotatable bonds is 2. The zero-order valence-electron chi connectivity index (χ0n) is 16.2. The van der Waals surface area contributed by atoms with Crippen molar-refractivity contribution in [2.45, 2.75) is 47.0 Å². The second-order valence-corrected chi connectivity index (χ2v) is 5.09. The summed E-state index contributed by atoms with van der Waals surface area (Å²) in [4.78, 5) is 0. The summed E-state index contributed by atoms with van der Waals surface area (Å²) >= 11 is 0. The maximum Gasteiger partial charge on any atom is 0.123 e. The molecule has 2 aromatic carbocycles. The van der Waals surface area contributed by atoms with Crippen LogP contribution in [0, 0.1) is 11.6 Å². The highest BCUT2D eigenvalue weighted by molar-refractivity contribution is 5.19. The Morgan fingerprint density at radius 2 is 1.14 bits per heavy atom. The van der Waals surface area contributed by atoms with Crippen LogP contribution in [-0.4, -0.2) is 0 Å². The normalized spacial score (nSPS) is 12.6. The molecule has 0 aliphatic heterocycles. The van der Waals surface area contributed by atoms with E-state index >= 15 is 0 Å². The summed E-state index contributed by atoms with van der Waals surface area (Å²) in [7, 11) is 0. The van der Waals surface area contributed by atoms with Crippen molar-refractivity contribution in [2.24, 2.45) is 0 Å². The van der Waals surface area contributed by atoms with Crippen LogP contribution in [-0.2, 0) is 0 Å².